The Bertz CT molecular complexity index is 813. The van der Waals surface area contributed by atoms with E-state index < -0.39 is 0 Å². The fourth-order valence-electron chi connectivity index (χ4n) is 4.60. The quantitative estimate of drug-likeness (QED) is 0.361. The van der Waals surface area contributed by atoms with E-state index in [1.807, 2.05) is 0 Å². The molecule has 2 aliphatic rings. The van der Waals surface area contributed by atoms with Crippen LogP contribution in [0.15, 0.2) is 85.0 Å². The summed E-state index contributed by atoms with van der Waals surface area (Å²) < 4.78 is 0. The third kappa shape index (κ3) is 3.84. The van der Waals surface area contributed by atoms with E-state index in [4.69, 9.17) is 0 Å². The molecule has 0 spiro atoms. The van der Waals surface area contributed by atoms with Gasteiger partial charge in [-0.3, -0.25) is 0 Å². The minimum absolute atomic E-state index is 0.125. The monoisotopic (exact) mass is 390 g/mol. The van der Waals surface area contributed by atoms with Crippen LogP contribution in [0.5, 0.6) is 0 Å². The predicted molar refractivity (Wildman–Crippen MR) is 115 cm³/mol. The maximum absolute atomic E-state index is 3.97. The van der Waals surface area contributed by atoms with Gasteiger partial charge < -0.3 is 0 Å². The normalized spacial score (nSPS) is 16.5. The van der Waals surface area contributed by atoms with Crippen molar-refractivity contribution in [2.75, 3.05) is 0 Å². The van der Waals surface area contributed by atoms with E-state index in [1.54, 1.807) is 5.57 Å². The van der Waals surface area contributed by atoms with Crippen LogP contribution in [0.4, 0.5) is 0 Å². The van der Waals surface area contributed by atoms with E-state index in [-0.39, 0.29) is 5.41 Å². The third-order valence-electron chi connectivity index (χ3n) is 5.84. The second-order valence-electron chi connectivity index (χ2n) is 7.68. The van der Waals surface area contributed by atoms with Gasteiger partial charge in [-0.15, -0.1) is 6.58 Å². The third-order valence-corrected chi connectivity index (χ3v) is 5.84. The van der Waals surface area contributed by atoms with Crippen molar-refractivity contribution in [2.45, 2.75) is 42.6 Å². The van der Waals surface area contributed by atoms with Crippen LogP contribution in [-0.2, 0) is 19.2 Å². The molecule has 0 fully saturated rings. The van der Waals surface area contributed by atoms with Gasteiger partial charge in [0.1, 0.15) is 0 Å². The minimum atomic E-state index is 0.125. The summed E-state index contributed by atoms with van der Waals surface area (Å²) in [5.41, 5.74) is 7.47. The first kappa shape index (κ1) is 20.1. The zero-order valence-corrected chi connectivity index (χ0v) is 18.4. The van der Waals surface area contributed by atoms with Crippen molar-refractivity contribution in [3.05, 3.63) is 96.1 Å². The number of rotatable bonds is 5. The summed E-state index contributed by atoms with van der Waals surface area (Å²) in [6, 6.07) is 17.9. The molecule has 0 bridgehead atoms. The Balaban J connectivity index is 0.000000659. The Morgan fingerprint density at radius 1 is 1.04 bits per heavy atom. The second-order valence-corrected chi connectivity index (χ2v) is 9.24. The van der Waals surface area contributed by atoms with Gasteiger partial charge in [0.25, 0.3) is 0 Å². The van der Waals surface area contributed by atoms with Crippen LogP contribution in [0, 0.1) is 5.41 Å². The SMILES string of the molecule is C=CCCC(C)(C1=CC=CC1)C1c2ccccc2-c2ccccc21.[CH3][Ti][CH3]. The zero-order valence-electron chi connectivity index (χ0n) is 16.8. The fraction of sp³-hybridized carbons (Fsp3) is 0.308. The summed E-state index contributed by atoms with van der Waals surface area (Å²) in [7, 11) is 0. The number of hydrogen-bond acceptors (Lipinski definition) is 0. The van der Waals surface area contributed by atoms with E-state index in [0.717, 1.165) is 19.3 Å². The van der Waals surface area contributed by atoms with E-state index in [2.05, 4.69) is 96.8 Å². The molecule has 2 aromatic carbocycles. The molecule has 0 nitrogen and oxygen atoms in total. The van der Waals surface area contributed by atoms with Crippen molar-refractivity contribution in [1.29, 1.82) is 0 Å². The molecule has 1 heteroatoms. The van der Waals surface area contributed by atoms with Gasteiger partial charge in [-0.25, -0.2) is 0 Å². The van der Waals surface area contributed by atoms with Crippen LogP contribution in [-0.4, -0.2) is 0 Å². The average molecular weight is 390 g/mol. The summed E-state index contributed by atoms with van der Waals surface area (Å²) in [5.74, 6) is 0.427. The first-order valence-electron chi connectivity index (χ1n) is 9.91. The Hall–Kier alpha value is -1.63. The molecule has 4 rings (SSSR count). The van der Waals surface area contributed by atoms with Crippen LogP contribution >= 0.6 is 0 Å². The summed E-state index contributed by atoms with van der Waals surface area (Å²) in [5, 5.41) is 4.50. The number of fused-ring (bicyclic) bond motifs is 3. The molecule has 0 heterocycles. The van der Waals surface area contributed by atoms with Gasteiger partial charge in [0.05, 0.1) is 0 Å². The molecule has 1 unspecified atom stereocenters. The van der Waals surface area contributed by atoms with Crippen molar-refractivity contribution in [3.63, 3.8) is 0 Å². The summed E-state index contributed by atoms with van der Waals surface area (Å²) in [4.78, 5) is 0. The van der Waals surface area contributed by atoms with Crippen molar-refractivity contribution < 1.29 is 19.2 Å². The van der Waals surface area contributed by atoms with Gasteiger partial charge in [0.2, 0.25) is 0 Å². The Kier molecular flexibility index (Phi) is 6.74. The van der Waals surface area contributed by atoms with Gasteiger partial charge in [0, 0.05) is 11.3 Å². The Labute approximate surface area is 174 Å². The van der Waals surface area contributed by atoms with Crippen LogP contribution in [0.2, 0.25) is 10.5 Å². The Morgan fingerprint density at radius 2 is 1.59 bits per heavy atom. The van der Waals surface area contributed by atoms with Gasteiger partial charge in [0.15, 0.2) is 0 Å². The molecule has 0 N–H and O–H groups in total. The maximum atomic E-state index is 3.97. The van der Waals surface area contributed by atoms with Crippen LogP contribution < -0.4 is 0 Å². The van der Waals surface area contributed by atoms with Crippen LogP contribution in [0.3, 0.4) is 0 Å². The first-order valence-corrected chi connectivity index (χ1v) is 13.0. The average Bonchev–Trinajstić information content (AvgIpc) is 3.34. The molecule has 27 heavy (non-hydrogen) atoms. The number of hydrogen-bond donors (Lipinski definition) is 0. The molecular formula is C26H30Ti. The zero-order chi connectivity index (χ0) is 19.3. The molecular weight excluding hydrogens is 360 g/mol. The molecule has 0 saturated carbocycles. The van der Waals surface area contributed by atoms with Gasteiger partial charge in [-0.1, -0.05) is 85.3 Å². The summed E-state index contributed by atoms with van der Waals surface area (Å²) >= 11 is 0.500. The second kappa shape index (κ2) is 9.04. The van der Waals surface area contributed by atoms with Gasteiger partial charge in [-0.05, 0) is 41.5 Å². The predicted octanol–water partition coefficient (Wildman–Crippen LogP) is 7.82. The first-order chi connectivity index (χ1) is 13.2. The van der Waals surface area contributed by atoms with Crippen molar-refractivity contribution in [3.8, 4) is 11.1 Å². The van der Waals surface area contributed by atoms with Crippen LogP contribution in [0.25, 0.3) is 11.1 Å². The molecule has 2 aromatic rings. The molecule has 0 aromatic heterocycles. The van der Waals surface area contributed by atoms with E-state index in [9.17, 15) is 0 Å². The standard InChI is InChI=1S/C24H24.2CH3.Ti/c1-3-4-17-24(2,18-11-5-6-12-18)23-21-15-9-7-13-19(21)20-14-8-10-16-22(20)23;;;/h3,5-11,13-16,23H,1,4,12,17H2,2H3;2*1H3;. The summed E-state index contributed by atoms with van der Waals surface area (Å²) in [6.45, 7) is 6.43. The molecule has 138 valence electrons. The molecule has 0 amide bonds. The summed E-state index contributed by atoms with van der Waals surface area (Å²) in [6.07, 6.45) is 12.2. The Morgan fingerprint density at radius 3 is 2.07 bits per heavy atom. The fourth-order valence-corrected chi connectivity index (χ4v) is 4.60. The van der Waals surface area contributed by atoms with E-state index >= 15 is 0 Å². The molecule has 2 aliphatic carbocycles. The number of allylic oxidation sites excluding steroid dienone is 5. The van der Waals surface area contributed by atoms with E-state index in [0.29, 0.717) is 25.1 Å². The molecule has 0 aliphatic heterocycles. The molecule has 0 saturated heterocycles. The number of benzene rings is 2. The topological polar surface area (TPSA) is 0 Å². The van der Waals surface area contributed by atoms with Gasteiger partial charge in [-0.2, -0.15) is 0 Å². The van der Waals surface area contributed by atoms with Crippen molar-refractivity contribution in [1.82, 2.24) is 0 Å². The van der Waals surface area contributed by atoms with E-state index in [1.165, 1.54) is 22.3 Å². The van der Waals surface area contributed by atoms with Gasteiger partial charge >= 0.3 is 29.6 Å². The van der Waals surface area contributed by atoms with Crippen molar-refractivity contribution >= 4 is 0 Å². The molecule has 1 atom stereocenters. The molecule has 0 radical (unpaired) electrons. The van der Waals surface area contributed by atoms with Crippen molar-refractivity contribution in [2.24, 2.45) is 5.41 Å². The van der Waals surface area contributed by atoms with Crippen LogP contribution in [0.1, 0.15) is 43.2 Å².